The largest absolute Gasteiger partial charge is 0.497 e. The molecule has 0 aromatic heterocycles. The average Bonchev–Trinajstić information content (AvgIpc) is 2.79. The van der Waals surface area contributed by atoms with Gasteiger partial charge >= 0.3 is 0 Å². The Morgan fingerprint density at radius 2 is 1.78 bits per heavy atom. The van der Waals surface area contributed by atoms with Gasteiger partial charge in [-0.3, -0.25) is 4.79 Å². The SMILES string of the molecule is COc1ccc(C(=O)N/N=C\c2cc(I)c(OCc3ccccc3Cl)c(I)c2)c(OC)c1. The zero-order valence-electron chi connectivity index (χ0n) is 17.2. The van der Waals surface area contributed by atoms with E-state index >= 15 is 0 Å². The molecule has 32 heavy (non-hydrogen) atoms. The molecule has 0 bridgehead atoms. The highest BCUT2D eigenvalue weighted by molar-refractivity contribution is 14.1. The molecule has 1 amide bonds. The van der Waals surface area contributed by atoms with Crippen molar-refractivity contribution in [1.29, 1.82) is 0 Å². The fraction of sp³-hybridized carbons (Fsp3) is 0.130. The summed E-state index contributed by atoms with van der Waals surface area (Å²) in [6.45, 7) is 0.374. The minimum atomic E-state index is -0.384. The molecule has 0 saturated heterocycles. The number of methoxy groups -OCH3 is 2. The molecule has 0 unspecified atom stereocenters. The van der Waals surface area contributed by atoms with Crippen molar-refractivity contribution < 1.29 is 19.0 Å². The van der Waals surface area contributed by atoms with E-state index in [9.17, 15) is 4.79 Å². The van der Waals surface area contributed by atoms with Crippen LogP contribution in [0.15, 0.2) is 59.7 Å². The second kappa shape index (κ2) is 11.7. The van der Waals surface area contributed by atoms with E-state index in [1.165, 1.54) is 7.11 Å². The maximum absolute atomic E-state index is 12.5. The van der Waals surface area contributed by atoms with Crippen molar-refractivity contribution in [2.45, 2.75) is 6.61 Å². The molecule has 0 aliphatic rings. The summed E-state index contributed by atoms with van der Waals surface area (Å²) in [5.41, 5.74) is 4.63. The molecule has 0 saturated carbocycles. The number of rotatable bonds is 8. The van der Waals surface area contributed by atoms with Gasteiger partial charge in [0.05, 0.1) is 33.1 Å². The summed E-state index contributed by atoms with van der Waals surface area (Å²) in [4.78, 5) is 12.5. The maximum Gasteiger partial charge on any atom is 0.275 e. The molecule has 0 spiro atoms. The molecule has 3 aromatic carbocycles. The zero-order chi connectivity index (χ0) is 23.1. The monoisotopic (exact) mass is 676 g/mol. The van der Waals surface area contributed by atoms with E-state index in [0.717, 1.165) is 24.0 Å². The van der Waals surface area contributed by atoms with Gasteiger partial charge < -0.3 is 14.2 Å². The van der Waals surface area contributed by atoms with E-state index < -0.39 is 0 Å². The van der Waals surface area contributed by atoms with Crippen LogP contribution < -0.4 is 19.6 Å². The molecular weight excluding hydrogens is 658 g/mol. The number of amides is 1. The van der Waals surface area contributed by atoms with Gasteiger partial charge in [0.15, 0.2) is 0 Å². The predicted octanol–water partition coefficient (Wildman–Crippen LogP) is 5.91. The van der Waals surface area contributed by atoms with Crippen LogP contribution in [0.4, 0.5) is 0 Å². The molecule has 1 N–H and O–H groups in total. The lowest BCUT2D eigenvalue weighted by Gasteiger charge is -2.12. The number of hydrogen-bond donors (Lipinski definition) is 1. The first-order valence-corrected chi connectivity index (χ1v) is 11.9. The van der Waals surface area contributed by atoms with Gasteiger partial charge in [-0.05, 0) is 81.1 Å². The minimum Gasteiger partial charge on any atom is -0.497 e. The van der Waals surface area contributed by atoms with Crippen molar-refractivity contribution in [3.8, 4) is 17.2 Å². The number of carbonyl (C=O) groups is 1. The summed E-state index contributed by atoms with van der Waals surface area (Å²) in [5, 5.41) is 4.75. The fourth-order valence-corrected chi connectivity index (χ4v) is 5.09. The number of hydrogen-bond acceptors (Lipinski definition) is 5. The second-order valence-electron chi connectivity index (χ2n) is 6.46. The van der Waals surface area contributed by atoms with E-state index in [1.54, 1.807) is 31.5 Å². The average molecular weight is 677 g/mol. The van der Waals surface area contributed by atoms with Crippen LogP contribution in [-0.4, -0.2) is 26.3 Å². The molecule has 0 fully saturated rings. The molecule has 6 nitrogen and oxygen atoms in total. The van der Waals surface area contributed by atoms with Crippen LogP contribution in [0.5, 0.6) is 17.2 Å². The summed E-state index contributed by atoms with van der Waals surface area (Å²) in [6.07, 6.45) is 1.58. The molecule has 0 aliphatic carbocycles. The number of nitrogens with one attached hydrogen (secondary N) is 1. The van der Waals surface area contributed by atoms with Crippen molar-refractivity contribution >= 4 is 68.9 Å². The van der Waals surface area contributed by atoms with E-state index in [2.05, 4.69) is 55.7 Å². The summed E-state index contributed by atoms with van der Waals surface area (Å²) < 4.78 is 18.3. The zero-order valence-corrected chi connectivity index (χ0v) is 22.3. The first-order chi connectivity index (χ1) is 15.4. The third-order valence-corrected chi connectivity index (χ3v) is 6.35. The number of ether oxygens (including phenoxy) is 3. The molecular formula is C23H19ClI2N2O4. The lowest BCUT2D eigenvalue weighted by atomic mass is 10.2. The van der Waals surface area contributed by atoms with Crippen molar-refractivity contribution in [2.75, 3.05) is 14.2 Å². The van der Waals surface area contributed by atoms with Crippen molar-refractivity contribution in [3.05, 3.63) is 83.5 Å². The predicted molar refractivity (Wildman–Crippen MR) is 142 cm³/mol. The summed E-state index contributed by atoms with van der Waals surface area (Å²) in [6, 6.07) is 16.4. The molecule has 9 heteroatoms. The van der Waals surface area contributed by atoms with Crippen LogP contribution in [0, 0.1) is 7.14 Å². The fourth-order valence-electron chi connectivity index (χ4n) is 2.77. The highest BCUT2D eigenvalue weighted by Crippen LogP contribution is 2.30. The lowest BCUT2D eigenvalue weighted by molar-refractivity contribution is 0.0952. The Kier molecular flexibility index (Phi) is 9.00. The van der Waals surface area contributed by atoms with Gasteiger partial charge in [0.2, 0.25) is 0 Å². The molecule has 3 rings (SSSR count). The minimum absolute atomic E-state index is 0.359. The van der Waals surface area contributed by atoms with Gasteiger partial charge in [-0.1, -0.05) is 29.8 Å². The van der Waals surface area contributed by atoms with Crippen LogP contribution >= 0.6 is 56.8 Å². The maximum atomic E-state index is 12.5. The molecule has 0 heterocycles. The van der Waals surface area contributed by atoms with Crippen LogP contribution in [0.1, 0.15) is 21.5 Å². The first-order valence-electron chi connectivity index (χ1n) is 9.33. The van der Waals surface area contributed by atoms with Gasteiger partial charge in [0.1, 0.15) is 23.9 Å². The second-order valence-corrected chi connectivity index (χ2v) is 9.19. The quantitative estimate of drug-likeness (QED) is 0.183. The number of nitrogens with zero attached hydrogens (tertiary/aromatic N) is 1. The third kappa shape index (κ3) is 6.26. The molecule has 166 valence electrons. The van der Waals surface area contributed by atoms with E-state index in [4.69, 9.17) is 25.8 Å². The highest BCUT2D eigenvalue weighted by Gasteiger charge is 2.13. The topological polar surface area (TPSA) is 69.2 Å². The van der Waals surface area contributed by atoms with E-state index in [1.807, 2.05) is 36.4 Å². The van der Waals surface area contributed by atoms with Crippen molar-refractivity contribution in [3.63, 3.8) is 0 Å². The Morgan fingerprint density at radius 1 is 1.06 bits per heavy atom. The molecule has 0 aliphatic heterocycles. The molecule has 0 atom stereocenters. The van der Waals surface area contributed by atoms with Gasteiger partial charge in [0, 0.05) is 16.7 Å². The van der Waals surface area contributed by atoms with Crippen LogP contribution in [0.2, 0.25) is 5.02 Å². The Bertz CT molecular complexity index is 1130. The summed E-state index contributed by atoms with van der Waals surface area (Å²) >= 11 is 10.6. The third-order valence-electron chi connectivity index (χ3n) is 4.38. The van der Waals surface area contributed by atoms with E-state index in [0.29, 0.717) is 28.7 Å². The van der Waals surface area contributed by atoms with Gasteiger partial charge in [-0.15, -0.1) is 0 Å². The van der Waals surface area contributed by atoms with Gasteiger partial charge in [-0.2, -0.15) is 5.10 Å². The summed E-state index contributed by atoms with van der Waals surface area (Å²) in [7, 11) is 3.04. The standard InChI is InChI=1S/C23H19ClI2N2O4/c1-30-16-7-8-17(21(11-16)31-2)23(29)28-27-12-14-9-19(25)22(20(26)10-14)32-13-15-5-3-4-6-18(15)24/h3-12H,13H2,1-2H3,(H,28,29)/b27-12-. The number of carbonyl (C=O) groups excluding carboxylic acids is 1. The number of hydrazone groups is 1. The Labute approximate surface area is 218 Å². The van der Waals surface area contributed by atoms with Crippen molar-refractivity contribution in [2.24, 2.45) is 5.10 Å². The lowest BCUT2D eigenvalue weighted by Crippen LogP contribution is -2.18. The Morgan fingerprint density at radius 3 is 2.44 bits per heavy atom. The molecule has 0 radical (unpaired) electrons. The smallest absolute Gasteiger partial charge is 0.275 e. The van der Waals surface area contributed by atoms with Crippen LogP contribution in [0.25, 0.3) is 0 Å². The number of halogens is 3. The molecule has 3 aromatic rings. The van der Waals surface area contributed by atoms with Crippen LogP contribution in [-0.2, 0) is 6.61 Å². The first kappa shape index (κ1) is 24.6. The van der Waals surface area contributed by atoms with Crippen molar-refractivity contribution in [1.82, 2.24) is 5.43 Å². The van der Waals surface area contributed by atoms with Crippen LogP contribution in [0.3, 0.4) is 0 Å². The highest BCUT2D eigenvalue weighted by atomic mass is 127. The normalized spacial score (nSPS) is 10.8. The van der Waals surface area contributed by atoms with Gasteiger partial charge in [-0.25, -0.2) is 5.43 Å². The summed E-state index contributed by atoms with van der Waals surface area (Å²) in [5.74, 6) is 1.39. The Hall–Kier alpha value is -2.05. The van der Waals surface area contributed by atoms with Gasteiger partial charge in [0.25, 0.3) is 5.91 Å². The number of benzene rings is 3. The Balaban J connectivity index is 1.68. The van der Waals surface area contributed by atoms with E-state index in [-0.39, 0.29) is 5.91 Å².